The summed E-state index contributed by atoms with van der Waals surface area (Å²) in [6.07, 6.45) is 1.49. The van der Waals surface area contributed by atoms with E-state index in [1.165, 1.54) is 12.0 Å². The summed E-state index contributed by atoms with van der Waals surface area (Å²) in [4.78, 5) is 39.3. The molecule has 2 aromatic rings. The van der Waals surface area contributed by atoms with Gasteiger partial charge >= 0.3 is 5.97 Å². The minimum Gasteiger partial charge on any atom is -0.507 e. The highest BCUT2D eigenvalue weighted by atomic mass is 35.5. The van der Waals surface area contributed by atoms with Crippen molar-refractivity contribution in [3.8, 4) is 0 Å². The number of benzene rings is 2. The van der Waals surface area contributed by atoms with Crippen molar-refractivity contribution >= 4 is 35.0 Å². The van der Waals surface area contributed by atoms with Gasteiger partial charge in [-0.3, -0.25) is 9.59 Å². The maximum absolute atomic E-state index is 13.0. The standard InChI is InChI=1S/C24H22ClNO6/c1-31-24(30)16-6-4-14(5-7-16)20-19(21(27)15-8-10-17(25)11-9-15)22(28)23(29)26(20)13-18-3-2-12-32-18/h4-11,18,20,27H,2-3,12-13H2,1H3/t18-,20+/m0/s1. The lowest BCUT2D eigenvalue weighted by Crippen LogP contribution is -2.36. The Kier molecular flexibility index (Phi) is 6.30. The van der Waals surface area contributed by atoms with Crippen LogP contribution in [0.2, 0.25) is 5.02 Å². The molecule has 2 aromatic carbocycles. The van der Waals surface area contributed by atoms with Crippen molar-refractivity contribution in [3.05, 3.63) is 75.8 Å². The fraction of sp³-hybridized carbons (Fsp3) is 0.292. The average Bonchev–Trinajstić information content (AvgIpc) is 3.41. The molecule has 2 aliphatic heterocycles. The molecule has 0 radical (unpaired) electrons. The minimum absolute atomic E-state index is 0.0128. The highest BCUT2D eigenvalue weighted by molar-refractivity contribution is 6.46. The summed E-state index contributed by atoms with van der Waals surface area (Å²) in [5.74, 6) is -2.24. The molecular weight excluding hydrogens is 434 g/mol. The average molecular weight is 456 g/mol. The minimum atomic E-state index is -0.818. The highest BCUT2D eigenvalue weighted by Crippen LogP contribution is 2.40. The van der Waals surface area contributed by atoms with E-state index < -0.39 is 23.7 Å². The van der Waals surface area contributed by atoms with E-state index in [2.05, 4.69) is 0 Å². The van der Waals surface area contributed by atoms with Crippen LogP contribution in [0.4, 0.5) is 0 Å². The number of nitrogens with zero attached hydrogens (tertiary/aromatic N) is 1. The second kappa shape index (κ2) is 9.14. The Morgan fingerprint density at radius 2 is 1.78 bits per heavy atom. The van der Waals surface area contributed by atoms with Gasteiger partial charge in [-0.2, -0.15) is 0 Å². The van der Waals surface area contributed by atoms with E-state index in [0.29, 0.717) is 28.3 Å². The smallest absolute Gasteiger partial charge is 0.337 e. The molecule has 7 nitrogen and oxygen atoms in total. The number of rotatable bonds is 5. The van der Waals surface area contributed by atoms with E-state index in [0.717, 1.165) is 12.8 Å². The number of esters is 1. The summed E-state index contributed by atoms with van der Waals surface area (Å²) in [5.41, 5.74) is 1.29. The van der Waals surface area contributed by atoms with Gasteiger partial charge in [-0.25, -0.2) is 4.79 Å². The molecular formula is C24H22ClNO6. The lowest BCUT2D eigenvalue weighted by molar-refractivity contribution is -0.140. The molecule has 0 saturated carbocycles. The molecule has 32 heavy (non-hydrogen) atoms. The number of aliphatic hydroxyl groups excluding tert-OH is 1. The molecule has 1 amide bonds. The number of ether oxygens (including phenoxy) is 2. The molecule has 4 rings (SSSR count). The van der Waals surface area contributed by atoms with Gasteiger partial charge in [-0.1, -0.05) is 23.7 Å². The van der Waals surface area contributed by atoms with Crippen molar-refractivity contribution in [1.29, 1.82) is 0 Å². The quantitative estimate of drug-likeness (QED) is 0.319. The lowest BCUT2D eigenvalue weighted by atomic mass is 9.94. The number of carbonyl (C=O) groups excluding carboxylic acids is 3. The number of Topliss-reactive ketones (excluding diaryl/α,β-unsaturated/α-hetero) is 1. The summed E-state index contributed by atoms with van der Waals surface area (Å²) in [5, 5.41) is 11.5. The molecule has 0 aromatic heterocycles. The molecule has 8 heteroatoms. The van der Waals surface area contributed by atoms with E-state index in [9.17, 15) is 19.5 Å². The first kappa shape index (κ1) is 22.0. The van der Waals surface area contributed by atoms with Crippen LogP contribution >= 0.6 is 11.6 Å². The van der Waals surface area contributed by atoms with Crippen LogP contribution in [0.25, 0.3) is 5.76 Å². The van der Waals surface area contributed by atoms with Gasteiger partial charge in [0, 0.05) is 23.7 Å². The second-order valence-electron chi connectivity index (χ2n) is 7.71. The zero-order valence-corrected chi connectivity index (χ0v) is 18.2. The Morgan fingerprint density at radius 1 is 1.12 bits per heavy atom. The van der Waals surface area contributed by atoms with Crippen LogP contribution in [-0.2, 0) is 19.1 Å². The van der Waals surface area contributed by atoms with E-state index in [1.807, 2.05) is 0 Å². The number of hydrogen-bond donors (Lipinski definition) is 1. The van der Waals surface area contributed by atoms with E-state index >= 15 is 0 Å². The van der Waals surface area contributed by atoms with Gasteiger partial charge < -0.3 is 19.5 Å². The number of aliphatic hydroxyl groups is 1. The third-order valence-corrected chi connectivity index (χ3v) is 5.98. The van der Waals surface area contributed by atoms with Gasteiger partial charge in [0.2, 0.25) is 0 Å². The summed E-state index contributed by atoms with van der Waals surface area (Å²) < 4.78 is 10.4. The van der Waals surface area contributed by atoms with Crippen LogP contribution in [0, 0.1) is 0 Å². The monoisotopic (exact) mass is 455 g/mol. The van der Waals surface area contributed by atoms with Crippen LogP contribution in [-0.4, -0.2) is 54.0 Å². The fourth-order valence-electron chi connectivity index (χ4n) is 4.11. The summed E-state index contributed by atoms with van der Waals surface area (Å²) in [7, 11) is 1.29. The zero-order chi connectivity index (χ0) is 22.8. The lowest BCUT2D eigenvalue weighted by Gasteiger charge is -2.27. The second-order valence-corrected chi connectivity index (χ2v) is 8.14. The molecule has 2 aliphatic rings. The van der Waals surface area contributed by atoms with Crippen molar-refractivity contribution in [2.75, 3.05) is 20.3 Å². The molecule has 0 unspecified atom stereocenters. The van der Waals surface area contributed by atoms with Gasteiger partial charge in [0.25, 0.3) is 11.7 Å². The van der Waals surface area contributed by atoms with Gasteiger partial charge in [-0.15, -0.1) is 0 Å². The third-order valence-electron chi connectivity index (χ3n) is 5.73. The first-order valence-electron chi connectivity index (χ1n) is 10.2. The predicted molar refractivity (Wildman–Crippen MR) is 117 cm³/mol. The van der Waals surface area contributed by atoms with Gasteiger partial charge in [-0.05, 0) is 54.8 Å². The highest BCUT2D eigenvalue weighted by Gasteiger charge is 2.47. The molecule has 2 fully saturated rings. The number of ketones is 1. The van der Waals surface area contributed by atoms with Crippen molar-refractivity contribution in [3.63, 3.8) is 0 Å². The van der Waals surface area contributed by atoms with E-state index in [4.69, 9.17) is 21.1 Å². The first-order valence-corrected chi connectivity index (χ1v) is 10.6. The molecule has 0 aliphatic carbocycles. The third kappa shape index (κ3) is 4.13. The van der Waals surface area contributed by atoms with Crippen molar-refractivity contribution in [1.82, 2.24) is 4.90 Å². The number of amides is 1. The van der Waals surface area contributed by atoms with Crippen molar-refractivity contribution in [2.24, 2.45) is 0 Å². The molecule has 166 valence electrons. The van der Waals surface area contributed by atoms with Crippen LogP contribution < -0.4 is 0 Å². The van der Waals surface area contributed by atoms with Gasteiger partial charge in [0.15, 0.2) is 0 Å². The fourth-order valence-corrected chi connectivity index (χ4v) is 4.23. The molecule has 0 bridgehead atoms. The number of likely N-dealkylation sites (tertiary alicyclic amines) is 1. The topological polar surface area (TPSA) is 93.1 Å². The van der Waals surface area contributed by atoms with E-state index in [1.54, 1.807) is 48.5 Å². The van der Waals surface area contributed by atoms with Gasteiger partial charge in [0.1, 0.15) is 5.76 Å². The van der Waals surface area contributed by atoms with Crippen LogP contribution in [0.15, 0.2) is 54.1 Å². The Hall–Kier alpha value is -3.16. The first-order chi connectivity index (χ1) is 15.4. The molecule has 1 N–H and O–H groups in total. The number of halogens is 1. The number of hydrogen-bond acceptors (Lipinski definition) is 6. The normalized spacial score (nSPS) is 22.4. The van der Waals surface area contributed by atoms with Gasteiger partial charge in [0.05, 0.1) is 30.4 Å². The Morgan fingerprint density at radius 3 is 2.38 bits per heavy atom. The SMILES string of the molecule is COC(=O)c1ccc([C@@H]2C(=C(O)c3ccc(Cl)cc3)C(=O)C(=O)N2C[C@@H]2CCCO2)cc1. The Balaban J connectivity index is 1.80. The Labute approximate surface area is 190 Å². The summed E-state index contributed by atoms with van der Waals surface area (Å²) in [6, 6.07) is 12.0. The number of methoxy groups -OCH3 is 1. The molecule has 2 heterocycles. The predicted octanol–water partition coefficient (Wildman–Crippen LogP) is 3.73. The molecule has 2 atom stereocenters. The van der Waals surface area contributed by atoms with Crippen LogP contribution in [0.1, 0.15) is 40.4 Å². The zero-order valence-electron chi connectivity index (χ0n) is 17.4. The largest absolute Gasteiger partial charge is 0.507 e. The maximum Gasteiger partial charge on any atom is 0.337 e. The summed E-state index contributed by atoms with van der Waals surface area (Å²) in [6.45, 7) is 0.837. The summed E-state index contributed by atoms with van der Waals surface area (Å²) >= 11 is 5.94. The Bertz CT molecular complexity index is 1070. The van der Waals surface area contributed by atoms with E-state index in [-0.39, 0.29) is 24.0 Å². The molecule has 0 spiro atoms. The number of carbonyl (C=O) groups is 3. The molecule has 2 saturated heterocycles. The maximum atomic E-state index is 13.0. The van der Waals surface area contributed by atoms with Crippen LogP contribution in [0.3, 0.4) is 0 Å². The van der Waals surface area contributed by atoms with Crippen molar-refractivity contribution in [2.45, 2.75) is 25.0 Å². The van der Waals surface area contributed by atoms with Crippen molar-refractivity contribution < 1.29 is 29.0 Å². The van der Waals surface area contributed by atoms with Crippen LogP contribution in [0.5, 0.6) is 0 Å².